The Bertz CT molecular complexity index is 568. The van der Waals surface area contributed by atoms with Gasteiger partial charge in [-0.3, -0.25) is 4.79 Å². The zero-order chi connectivity index (χ0) is 13.9. The molecule has 3 nitrogen and oxygen atoms in total. The zero-order valence-corrected chi connectivity index (χ0v) is 11.0. The summed E-state index contributed by atoms with van der Waals surface area (Å²) >= 11 is 0. The van der Waals surface area contributed by atoms with Gasteiger partial charge >= 0.3 is 0 Å². The molecule has 1 unspecified atom stereocenters. The van der Waals surface area contributed by atoms with Crippen LogP contribution in [0.25, 0.3) is 0 Å². The fourth-order valence-electron chi connectivity index (χ4n) is 2.12. The van der Waals surface area contributed by atoms with Gasteiger partial charge in [0.1, 0.15) is 0 Å². The average molecular weight is 255 g/mol. The molecule has 0 saturated heterocycles. The Morgan fingerprint density at radius 1 is 1.47 bits per heavy atom. The van der Waals surface area contributed by atoms with E-state index in [4.69, 9.17) is 0 Å². The van der Waals surface area contributed by atoms with Gasteiger partial charge in [0.25, 0.3) is 5.91 Å². The molecule has 0 aliphatic carbocycles. The summed E-state index contributed by atoms with van der Waals surface area (Å²) in [5, 5.41) is 10.6. The minimum atomic E-state index is -1.52. The molecule has 0 spiro atoms. The molecule has 1 heterocycles. The number of hydrogen-bond acceptors (Lipinski definition) is 2. The fraction of sp³-hybridized carbons (Fsp3) is 0.312. The Morgan fingerprint density at radius 3 is 2.89 bits per heavy atom. The van der Waals surface area contributed by atoms with Gasteiger partial charge in [-0.25, -0.2) is 4.90 Å². The minimum Gasteiger partial charge on any atom is -0.363 e. The molecule has 3 heteroatoms. The number of hydrogen-bond donors (Lipinski definition) is 1. The van der Waals surface area contributed by atoms with Crippen molar-refractivity contribution in [1.82, 2.24) is 4.90 Å². The number of fused-ring (bicyclic) bond motifs is 1. The summed E-state index contributed by atoms with van der Waals surface area (Å²) in [4.78, 5) is 13.4. The van der Waals surface area contributed by atoms with E-state index in [1.165, 1.54) is 11.0 Å². The van der Waals surface area contributed by atoms with E-state index in [9.17, 15) is 9.90 Å². The molecule has 98 valence electrons. The summed E-state index contributed by atoms with van der Waals surface area (Å²) < 4.78 is 0. The van der Waals surface area contributed by atoms with Gasteiger partial charge in [-0.15, -0.1) is 0 Å². The highest BCUT2D eigenvalue weighted by molar-refractivity contribution is 6.01. The van der Waals surface area contributed by atoms with Crippen molar-refractivity contribution >= 4 is 5.91 Å². The summed E-state index contributed by atoms with van der Waals surface area (Å²) in [7, 11) is 0. The molecular weight excluding hydrogens is 238 g/mol. The van der Waals surface area contributed by atoms with E-state index in [0.29, 0.717) is 17.5 Å². The van der Waals surface area contributed by atoms with Gasteiger partial charge < -0.3 is 5.11 Å². The maximum absolute atomic E-state index is 12.3. The Morgan fingerprint density at radius 2 is 2.21 bits per heavy atom. The van der Waals surface area contributed by atoms with Crippen LogP contribution in [0.2, 0.25) is 0 Å². The second kappa shape index (κ2) is 5.29. The van der Waals surface area contributed by atoms with Gasteiger partial charge in [-0.2, -0.15) is 0 Å². The van der Waals surface area contributed by atoms with Crippen molar-refractivity contribution in [2.24, 2.45) is 0 Å². The number of nitrogens with zero attached hydrogens (tertiary/aromatic N) is 1. The van der Waals surface area contributed by atoms with E-state index in [-0.39, 0.29) is 5.91 Å². The molecule has 0 aromatic heterocycles. The van der Waals surface area contributed by atoms with E-state index in [0.717, 1.165) is 12.8 Å². The van der Waals surface area contributed by atoms with Crippen molar-refractivity contribution in [2.45, 2.75) is 31.9 Å². The first-order valence-corrected chi connectivity index (χ1v) is 6.43. The van der Waals surface area contributed by atoms with Crippen LogP contribution in [0, 0.1) is 12.0 Å². The monoisotopic (exact) mass is 255 g/mol. The number of unbranched alkanes of at least 4 members (excludes halogenated alkanes) is 2. The van der Waals surface area contributed by atoms with Gasteiger partial charge in [0.15, 0.2) is 5.72 Å². The van der Waals surface area contributed by atoms with Gasteiger partial charge in [-0.05, 0) is 18.6 Å². The topological polar surface area (TPSA) is 40.5 Å². The van der Waals surface area contributed by atoms with E-state index in [1.54, 1.807) is 24.3 Å². The van der Waals surface area contributed by atoms with Crippen molar-refractivity contribution < 1.29 is 9.90 Å². The summed E-state index contributed by atoms with van der Waals surface area (Å²) in [5.41, 5.74) is -0.498. The first-order chi connectivity index (χ1) is 9.15. The van der Waals surface area contributed by atoms with Gasteiger partial charge in [-0.1, -0.05) is 44.0 Å². The number of benzene rings is 1. The first kappa shape index (κ1) is 13.4. The van der Waals surface area contributed by atoms with Crippen molar-refractivity contribution in [3.8, 4) is 12.0 Å². The maximum Gasteiger partial charge on any atom is 0.268 e. The van der Waals surface area contributed by atoms with Gasteiger partial charge in [0, 0.05) is 23.6 Å². The van der Waals surface area contributed by atoms with E-state index in [1.807, 2.05) is 0 Å². The molecule has 1 aliphatic rings. The van der Waals surface area contributed by atoms with Crippen molar-refractivity contribution in [3.05, 3.63) is 48.0 Å². The van der Waals surface area contributed by atoms with E-state index >= 15 is 0 Å². The molecule has 1 atom stereocenters. The molecule has 0 bridgehead atoms. The van der Waals surface area contributed by atoms with Crippen LogP contribution in [0.5, 0.6) is 0 Å². The summed E-state index contributed by atoms with van der Waals surface area (Å²) in [6.45, 7) is 5.71. The largest absolute Gasteiger partial charge is 0.363 e. The van der Waals surface area contributed by atoms with Crippen LogP contribution in [0.3, 0.4) is 0 Å². The summed E-state index contributed by atoms with van der Waals surface area (Å²) in [6.07, 6.45) is 4.10. The second-order valence-electron chi connectivity index (χ2n) is 4.51. The lowest BCUT2D eigenvalue weighted by atomic mass is 10.0. The third kappa shape index (κ3) is 2.16. The van der Waals surface area contributed by atoms with Crippen LogP contribution < -0.4 is 0 Å². The van der Waals surface area contributed by atoms with Crippen LogP contribution in [0.1, 0.15) is 42.1 Å². The third-order valence-corrected chi connectivity index (χ3v) is 3.23. The van der Waals surface area contributed by atoms with Crippen molar-refractivity contribution in [1.29, 1.82) is 0 Å². The molecule has 1 amide bonds. The van der Waals surface area contributed by atoms with Crippen molar-refractivity contribution in [2.75, 3.05) is 0 Å². The lowest BCUT2D eigenvalue weighted by Gasteiger charge is -2.26. The van der Waals surface area contributed by atoms with Crippen LogP contribution in [0.4, 0.5) is 0 Å². The predicted molar refractivity (Wildman–Crippen MR) is 74.0 cm³/mol. The highest BCUT2D eigenvalue weighted by atomic mass is 16.3. The SMILES string of the molecule is C=CC1(O)c2ccccc2C(=O)N1C#CCCCC. The second-order valence-corrected chi connectivity index (χ2v) is 4.51. The molecule has 0 saturated carbocycles. The molecule has 1 aromatic rings. The van der Waals surface area contributed by atoms with E-state index < -0.39 is 5.72 Å². The third-order valence-electron chi connectivity index (χ3n) is 3.23. The number of rotatable bonds is 3. The Balaban J connectivity index is 2.38. The molecule has 0 fully saturated rings. The molecule has 0 radical (unpaired) electrons. The van der Waals surface area contributed by atoms with Crippen LogP contribution in [0.15, 0.2) is 36.9 Å². The quantitative estimate of drug-likeness (QED) is 0.512. The van der Waals surface area contributed by atoms with Crippen molar-refractivity contribution in [3.63, 3.8) is 0 Å². The molecule has 1 N–H and O–H groups in total. The highest BCUT2D eigenvalue weighted by Gasteiger charge is 2.46. The molecule has 1 aliphatic heterocycles. The zero-order valence-electron chi connectivity index (χ0n) is 11.0. The summed E-state index contributed by atoms with van der Waals surface area (Å²) in [6, 6.07) is 9.74. The normalized spacial score (nSPS) is 20.7. The van der Waals surface area contributed by atoms with Crippen LogP contribution in [-0.2, 0) is 5.72 Å². The summed E-state index contributed by atoms with van der Waals surface area (Å²) in [5.74, 6) is 2.65. The first-order valence-electron chi connectivity index (χ1n) is 6.43. The Kier molecular flexibility index (Phi) is 3.73. The van der Waals surface area contributed by atoms with E-state index in [2.05, 4.69) is 25.5 Å². The van der Waals surface area contributed by atoms with Crippen LogP contribution >= 0.6 is 0 Å². The lowest BCUT2D eigenvalue weighted by molar-refractivity contribution is -0.0137. The fourth-order valence-corrected chi connectivity index (χ4v) is 2.12. The Hall–Kier alpha value is -2.05. The molecular formula is C16H17NO2. The molecule has 2 rings (SSSR count). The maximum atomic E-state index is 12.3. The molecule has 1 aromatic carbocycles. The van der Waals surface area contributed by atoms with Crippen LogP contribution in [-0.4, -0.2) is 15.9 Å². The number of amides is 1. The lowest BCUT2D eigenvalue weighted by Crippen LogP contribution is -2.38. The standard InChI is InChI=1S/C16H17NO2/c1-3-5-6-9-12-17-15(18)13-10-7-8-11-14(13)16(17,19)4-2/h4,7-8,10-11,19H,2-3,5-6H2,1H3. The predicted octanol–water partition coefficient (Wildman–Crippen LogP) is 2.62. The molecule has 19 heavy (non-hydrogen) atoms. The number of carbonyl (C=O) groups excluding carboxylic acids is 1. The van der Waals surface area contributed by atoms with Gasteiger partial charge in [0.05, 0.1) is 0 Å². The Labute approximate surface area is 113 Å². The highest BCUT2D eigenvalue weighted by Crippen LogP contribution is 2.37. The van der Waals surface area contributed by atoms with Gasteiger partial charge in [0.2, 0.25) is 0 Å². The number of carbonyl (C=O) groups is 1. The smallest absolute Gasteiger partial charge is 0.268 e. The number of aliphatic hydroxyl groups is 1. The average Bonchev–Trinajstić information content (AvgIpc) is 2.66. The minimum absolute atomic E-state index is 0.276.